The number of thioether (sulfide) groups is 1. The lowest BCUT2D eigenvalue weighted by Crippen LogP contribution is -2.51. The van der Waals surface area contributed by atoms with Crippen LogP contribution in [-0.4, -0.2) is 52.2 Å². The second-order valence-electron chi connectivity index (χ2n) is 6.13. The van der Waals surface area contributed by atoms with E-state index in [1.165, 1.54) is 11.8 Å². The largest absolute Gasteiger partial charge is 0.348 e. The van der Waals surface area contributed by atoms with Crippen molar-refractivity contribution in [2.75, 3.05) is 31.1 Å². The smallest absolute Gasteiger partial charge is 0.290 e. The van der Waals surface area contributed by atoms with E-state index in [-0.39, 0.29) is 16.7 Å². The van der Waals surface area contributed by atoms with Gasteiger partial charge in [0.15, 0.2) is 5.82 Å². The fourth-order valence-electron chi connectivity index (χ4n) is 2.84. The van der Waals surface area contributed by atoms with Crippen LogP contribution >= 0.6 is 11.8 Å². The summed E-state index contributed by atoms with van der Waals surface area (Å²) in [5.74, 6) is 0.567. The predicted octanol–water partition coefficient (Wildman–Crippen LogP) is 1.91. The van der Waals surface area contributed by atoms with Crippen LogP contribution < -0.4 is 10.5 Å². The van der Waals surface area contributed by atoms with E-state index < -0.39 is 0 Å². The van der Waals surface area contributed by atoms with Gasteiger partial charge in [0.1, 0.15) is 0 Å². The molecule has 2 aromatic rings. The number of carbonyl (C=O) groups is 1. The number of aromatic amines is 1. The number of rotatable bonds is 4. The number of nitrogens with zero attached hydrogens (tertiary/aromatic N) is 3. The van der Waals surface area contributed by atoms with Crippen LogP contribution in [0.1, 0.15) is 12.5 Å². The van der Waals surface area contributed by atoms with Gasteiger partial charge in [0.05, 0.1) is 5.25 Å². The lowest BCUT2D eigenvalue weighted by Gasteiger charge is -2.36. The second kappa shape index (κ2) is 7.74. The molecule has 3 rings (SSSR count). The number of hydrogen-bond donors (Lipinski definition) is 1. The lowest BCUT2D eigenvalue weighted by molar-refractivity contribution is -0.130. The number of hydrogen-bond acceptors (Lipinski definition) is 5. The van der Waals surface area contributed by atoms with Crippen LogP contribution in [0.25, 0.3) is 0 Å². The number of H-pyrrole nitrogens is 1. The van der Waals surface area contributed by atoms with Crippen LogP contribution in [0.2, 0.25) is 0 Å². The van der Waals surface area contributed by atoms with E-state index in [9.17, 15) is 9.59 Å². The molecule has 1 fully saturated rings. The average Bonchev–Trinajstić information content (AvgIpc) is 2.63. The molecule has 132 valence electrons. The Hall–Kier alpha value is -2.28. The fraction of sp³-hybridized carbons (Fsp3) is 0.389. The minimum Gasteiger partial charge on any atom is -0.348 e. The highest BCUT2D eigenvalue weighted by atomic mass is 32.2. The third-order valence-corrected chi connectivity index (χ3v) is 5.36. The SMILES string of the molecule is Cc1ccc(S[C@@H](C)C(=O)N2CCN(c3ncc[nH]c3=O)CC2)cc1. The molecule has 1 amide bonds. The summed E-state index contributed by atoms with van der Waals surface area (Å²) in [6.07, 6.45) is 3.10. The van der Waals surface area contributed by atoms with E-state index in [2.05, 4.69) is 41.2 Å². The summed E-state index contributed by atoms with van der Waals surface area (Å²) in [6, 6.07) is 8.22. The van der Waals surface area contributed by atoms with Gasteiger partial charge in [-0.05, 0) is 26.0 Å². The zero-order valence-corrected chi connectivity index (χ0v) is 15.3. The van der Waals surface area contributed by atoms with Gasteiger partial charge in [0.25, 0.3) is 5.56 Å². The van der Waals surface area contributed by atoms with E-state index in [0.29, 0.717) is 32.0 Å². The summed E-state index contributed by atoms with van der Waals surface area (Å²) in [6.45, 7) is 6.45. The zero-order chi connectivity index (χ0) is 17.8. The number of amides is 1. The summed E-state index contributed by atoms with van der Waals surface area (Å²) >= 11 is 1.58. The molecule has 1 aliphatic rings. The van der Waals surface area contributed by atoms with Crippen molar-refractivity contribution in [2.45, 2.75) is 24.0 Å². The van der Waals surface area contributed by atoms with Gasteiger partial charge in [0.2, 0.25) is 5.91 Å². The van der Waals surface area contributed by atoms with Crippen molar-refractivity contribution in [3.63, 3.8) is 0 Å². The first-order chi connectivity index (χ1) is 12.0. The van der Waals surface area contributed by atoms with E-state index >= 15 is 0 Å². The van der Waals surface area contributed by atoms with Crippen LogP contribution in [0.5, 0.6) is 0 Å². The quantitative estimate of drug-likeness (QED) is 0.846. The molecule has 7 heteroatoms. The van der Waals surface area contributed by atoms with Gasteiger partial charge in [-0.25, -0.2) is 4.98 Å². The van der Waals surface area contributed by atoms with Crippen molar-refractivity contribution < 1.29 is 4.79 Å². The van der Waals surface area contributed by atoms with E-state index in [0.717, 1.165) is 4.90 Å². The monoisotopic (exact) mass is 358 g/mol. The Morgan fingerprint density at radius 3 is 2.52 bits per heavy atom. The molecule has 1 aromatic heterocycles. The molecular weight excluding hydrogens is 336 g/mol. The molecule has 0 aliphatic carbocycles. The number of nitrogens with one attached hydrogen (secondary N) is 1. The molecule has 25 heavy (non-hydrogen) atoms. The first-order valence-corrected chi connectivity index (χ1v) is 9.23. The van der Waals surface area contributed by atoms with Crippen molar-refractivity contribution in [1.82, 2.24) is 14.9 Å². The van der Waals surface area contributed by atoms with Crippen LogP contribution in [0.15, 0.2) is 46.3 Å². The van der Waals surface area contributed by atoms with Gasteiger partial charge < -0.3 is 14.8 Å². The van der Waals surface area contributed by atoms with Gasteiger partial charge in [-0.15, -0.1) is 11.8 Å². The molecule has 1 N–H and O–H groups in total. The molecule has 2 heterocycles. The maximum absolute atomic E-state index is 12.7. The summed E-state index contributed by atoms with van der Waals surface area (Å²) in [4.78, 5) is 36.2. The Labute approximate surface area is 151 Å². The molecule has 1 aromatic carbocycles. The van der Waals surface area contributed by atoms with E-state index in [1.54, 1.807) is 18.0 Å². The Bertz CT molecular complexity index is 782. The van der Waals surface area contributed by atoms with Crippen molar-refractivity contribution in [2.24, 2.45) is 0 Å². The number of aryl methyl sites for hydroxylation is 1. The van der Waals surface area contributed by atoms with Crippen molar-refractivity contribution >= 4 is 23.5 Å². The first-order valence-electron chi connectivity index (χ1n) is 8.35. The number of anilines is 1. The zero-order valence-electron chi connectivity index (χ0n) is 14.4. The van der Waals surface area contributed by atoms with Gasteiger partial charge in [-0.1, -0.05) is 17.7 Å². The maximum Gasteiger partial charge on any atom is 0.290 e. The number of aromatic nitrogens is 2. The van der Waals surface area contributed by atoms with Gasteiger partial charge in [-0.3, -0.25) is 9.59 Å². The lowest BCUT2D eigenvalue weighted by atomic mass is 10.2. The van der Waals surface area contributed by atoms with Crippen molar-refractivity contribution in [3.8, 4) is 0 Å². The van der Waals surface area contributed by atoms with E-state index in [1.807, 2.05) is 16.7 Å². The maximum atomic E-state index is 12.7. The summed E-state index contributed by atoms with van der Waals surface area (Å²) in [5.41, 5.74) is 1.02. The summed E-state index contributed by atoms with van der Waals surface area (Å²) < 4.78 is 0. The van der Waals surface area contributed by atoms with Gasteiger partial charge in [-0.2, -0.15) is 0 Å². The Morgan fingerprint density at radius 1 is 1.20 bits per heavy atom. The van der Waals surface area contributed by atoms with Gasteiger partial charge in [0, 0.05) is 43.5 Å². The van der Waals surface area contributed by atoms with Crippen LogP contribution in [0.4, 0.5) is 5.82 Å². The first kappa shape index (κ1) is 17.5. The minimum atomic E-state index is -0.189. The Balaban J connectivity index is 1.56. The fourth-order valence-corrected chi connectivity index (χ4v) is 3.79. The Morgan fingerprint density at radius 2 is 1.88 bits per heavy atom. The molecule has 1 atom stereocenters. The third-order valence-electron chi connectivity index (χ3n) is 4.26. The number of benzene rings is 1. The van der Waals surface area contributed by atoms with Gasteiger partial charge >= 0.3 is 0 Å². The molecule has 0 bridgehead atoms. The number of carbonyl (C=O) groups excluding carboxylic acids is 1. The number of piperazine rings is 1. The third kappa shape index (κ3) is 4.22. The average molecular weight is 358 g/mol. The second-order valence-corrected chi connectivity index (χ2v) is 7.54. The molecular formula is C18H22N4O2S. The molecule has 1 aliphatic heterocycles. The summed E-state index contributed by atoms with van der Waals surface area (Å²) in [7, 11) is 0. The topological polar surface area (TPSA) is 69.3 Å². The molecule has 6 nitrogen and oxygen atoms in total. The van der Waals surface area contributed by atoms with Crippen LogP contribution in [0.3, 0.4) is 0 Å². The van der Waals surface area contributed by atoms with Crippen molar-refractivity contribution in [1.29, 1.82) is 0 Å². The molecule has 0 spiro atoms. The molecule has 0 radical (unpaired) electrons. The molecule has 1 saturated heterocycles. The highest BCUT2D eigenvalue weighted by Gasteiger charge is 2.26. The minimum absolute atomic E-state index is 0.132. The normalized spacial score (nSPS) is 15.9. The Kier molecular flexibility index (Phi) is 5.43. The molecule has 0 unspecified atom stereocenters. The highest BCUT2D eigenvalue weighted by Crippen LogP contribution is 2.25. The van der Waals surface area contributed by atoms with E-state index in [4.69, 9.17) is 0 Å². The standard InChI is InChI=1S/C18H22N4O2S/c1-13-3-5-15(6-4-13)25-14(2)18(24)22-11-9-21(10-12-22)16-17(23)20-8-7-19-16/h3-8,14H,9-12H2,1-2H3,(H,20,23)/t14-/m0/s1. The highest BCUT2D eigenvalue weighted by molar-refractivity contribution is 8.00. The predicted molar refractivity (Wildman–Crippen MR) is 100 cm³/mol. The van der Waals surface area contributed by atoms with Crippen molar-refractivity contribution in [3.05, 3.63) is 52.6 Å². The van der Waals surface area contributed by atoms with Crippen LogP contribution in [0, 0.1) is 6.92 Å². The molecule has 0 saturated carbocycles. The summed E-state index contributed by atoms with van der Waals surface area (Å²) in [5, 5.41) is -0.132. The van der Waals surface area contributed by atoms with Crippen LogP contribution in [-0.2, 0) is 4.79 Å².